The summed E-state index contributed by atoms with van der Waals surface area (Å²) in [5, 5.41) is 10.2. The fourth-order valence-corrected chi connectivity index (χ4v) is 4.43. The normalized spacial score (nSPS) is 41.8. The molecule has 24 heavy (non-hydrogen) atoms. The number of nitrogens with zero attached hydrogens (tertiary/aromatic N) is 1. The van der Waals surface area contributed by atoms with Crippen LogP contribution in [-0.4, -0.2) is 59.4 Å². The van der Waals surface area contributed by atoms with E-state index in [4.69, 9.17) is 14.2 Å². The van der Waals surface area contributed by atoms with E-state index < -0.39 is 11.1 Å². The minimum absolute atomic E-state index is 0.0190. The summed E-state index contributed by atoms with van der Waals surface area (Å²) in [5.41, 5.74) is -1.83. The van der Waals surface area contributed by atoms with Gasteiger partial charge < -0.3 is 24.2 Å². The third kappa shape index (κ3) is 2.34. The second-order valence-electron chi connectivity index (χ2n) is 8.59. The Hall–Kier alpha value is -0.690. The smallest absolute Gasteiger partial charge is 0.231 e. The predicted molar refractivity (Wildman–Crippen MR) is 88.1 cm³/mol. The summed E-state index contributed by atoms with van der Waals surface area (Å²) < 4.78 is 18.0. The van der Waals surface area contributed by atoms with Gasteiger partial charge in [0.05, 0.1) is 19.1 Å². The van der Waals surface area contributed by atoms with Crippen molar-refractivity contribution in [2.24, 2.45) is 11.3 Å². The number of hydrogen-bond acceptors (Lipinski definition) is 5. The van der Waals surface area contributed by atoms with Crippen LogP contribution in [0.2, 0.25) is 0 Å². The van der Waals surface area contributed by atoms with Gasteiger partial charge >= 0.3 is 0 Å². The zero-order valence-corrected chi connectivity index (χ0v) is 15.5. The number of aliphatic hydroxyl groups excluding tert-OH is 1. The zero-order valence-electron chi connectivity index (χ0n) is 15.5. The van der Waals surface area contributed by atoms with Crippen molar-refractivity contribution in [3.8, 4) is 0 Å². The largest absolute Gasteiger partial charge is 0.394 e. The average molecular weight is 341 g/mol. The third-order valence-corrected chi connectivity index (χ3v) is 5.91. The molecule has 0 aromatic heterocycles. The molecule has 3 fully saturated rings. The van der Waals surface area contributed by atoms with E-state index >= 15 is 0 Å². The molecule has 3 aliphatic rings. The van der Waals surface area contributed by atoms with E-state index in [0.29, 0.717) is 19.6 Å². The Morgan fingerprint density at radius 3 is 2.71 bits per heavy atom. The second-order valence-corrected chi connectivity index (χ2v) is 8.59. The topological polar surface area (TPSA) is 68.2 Å². The van der Waals surface area contributed by atoms with Crippen LogP contribution in [0.1, 0.15) is 53.9 Å². The first-order chi connectivity index (χ1) is 11.2. The van der Waals surface area contributed by atoms with E-state index in [0.717, 1.165) is 12.8 Å². The maximum absolute atomic E-state index is 13.2. The van der Waals surface area contributed by atoms with Crippen molar-refractivity contribution in [3.63, 3.8) is 0 Å². The molecule has 0 unspecified atom stereocenters. The van der Waals surface area contributed by atoms with E-state index in [-0.39, 0.29) is 36.4 Å². The van der Waals surface area contributed by atoms with Crippen LogP contribution in [0.15, 0.2) is 0 Å². The molecule has 0 aromatic rings. The van der Waals surface area contributed by atoms with Crippen molar-refractivity contribution in [2.45, 2.75) is 77.5 Å². The molecule has 0 aliphatic carbocycles. The van der Waals surface area contributed by atoms with Crippen molar-refractivity contribution in [1.82, 2.24) is 4.90 Å². The number of carbonyl (C=O) groups excluding carboxylic acids is 1. The van der Waals surface area contributed by atoms with Crippen LogP contribution in [0, 0.1) is 11.3 Å². The number of aliphatic hydroxyl groups is 1. The van der Waals surface area contributed by atoms with Gasteiger partial charge in [0.2, 0.25) is 5.91 Å². The minimum atomic E-state index is -0.824. The number of amides is 1. The lowest BCUT2D eigenvalue weighted by Crippen LogP contribution is -2.61. The third-order valence-electron chi connectivity index (χ3n) is 5.91. The zero-order chi connectivity index (χ0) is 17.8. The predicted octanol–water partition coefficient (Wildman–Crippen LogP) is 1.90. The molecule has 1 N–H and O–H groups in total. The van der Waals surface area contributed by atoms with Gasteiger partial charge in [-0.05, 0) is 13.3 Å². The molecule has 6 heteroatoms. The van der Waals surface area contributed by atoms with Gasteiger partial charge in [-0.15, -0.1) is 0 Å². The Kier molecular flexibility index (Phi) is 4.48. The molecule has 0 radical (unpaired) electrons. The molecule has 3 saturated heterocycles. The average Bonchev–Trinajstić information content (AvgIpc) is 3.10. The second kappa shape index (κ2) is 5.94. The number of carbonyl (C=O) groups is 1. The number of rotatable bonds is 5. The summed E-state index contributed by atoms with van der Waals surface area (Å²) in [6, 6.07) is 0. The van der Waals surface area contributed by atoms with E-state index in [1.807, 2.05) is 27.7 Å². The fourth-order valence-electron chi connectivity index (χ4n) is 4.43. The molecule has 5 atom stereocenters. The highest BCUT2D eigenvalue weighted by Crippen LogP contribution is 2.57. The lowest BCUT2D eigenvalue weighted by molar-refractivity contribution is -0.198. The van der Waals surface area contributed by atoms with Gasteiger partial charge in [0, 0.05) is 18.4 Å². The molecule has 0 bridgehead atoms. The first-order valence-corrected chi connectivity index (χ1v) is 9.06. The molecule has 0 spiro atoms. The summed E-state index contributed by atoms with van der Waals surface area (Å²) in [5.74, 6) is -0.268. The lowest BCUT2D eigenvalue weighted by Gasteiger charge is -2.42. The van der Waals surface area contributed by atoms with Gasteiger partial charge in [0.1, 0.15) is 17.4 Å². The molecular weight excluding hydrogens is 310 g/mol. The van der Waals surface area contributed by atoms with Gasteiger partial charge in [-0.1, -0.05) is 34.1 Å². The van der Waals surface area contributed by atoms with E-state index in [1.165, 1.54) is 0 Å². The maximum atomic E-state index is 13.2. The van der Waals surface area contributed by atoms with Gasteiger partial charge in [-0.25, -0.2) is 0 Å². The van der Waals surface area contributed by atoms with Crippen LogP contribution in [0.25, 0.3) is 0 Å². The Bertz CT molecular complexity index is 504. The molecule has 0 saturated carbocycles. The monoisotopic (exact) mass is 341 g/mol. The summed E-state index contributed by atoms with van der Waals surface area (Å²) in [6.45, 7) is 11.0. The number of ether oxygens (including phenoxy) is 3. The summed E-state index contributed by atoms with van der Waals surface area (Å²) in [6.07, 6.45) is 1.86. The van der Waals surface area contributed by atoms with Gasteiger partial charge in [0.25, 0.3) is 0 Å². The van der Waals surface area contributed by atoms with E-state index in [1.54, 1.807) is 4.90 Å². The Balaban J connectivity index is 1.87. The first-order valence-electron chi connectivity index (χ1n) is 9.06. The molecule has 6 nitrogen and oxygen atoms in total. The highest BCUT2D eigenvalue weighted by Gasteiger charge is 2.75. The molecule has 3 heterocycles. The maximum Gasteiger partial charge on any atom is 0.231 e. The molecule has 0 aromatic carbocycles. The van der Waals surface area contributed by atoms with Crippen molar-refractivity contribution in [1.29, 1.82) is 0 Å². The summed E-state index contributed by atoms with van der Waals surface area (Å²) >= 11 is 0. The summed E-state index contributed by atoms with van der Waals surface area (Å²) in [4.78, 5) is 14.9. The van der Waals surface area contributed by atoms with Crippen LogP contribution in [0.3, 0.4) is 0 Å². The molecule has 138 valence electrons. The standard InChI is InChI=1S/C18H31NO5/c1-6-7-8-22-13-9-12-14(21)19-15(16(2,3)4)23-11-18(19,10-20)17(12,5)24-13/h12-13,15,20H,6-11H2,1-5H3/t12-,13+,15-,17-,18-/m0/s1. The summed E-state index contributed by atoms with van der Waals surface area (Å²) in [7, 11) is 0. The molecular formula is C18H31NO5. The van der Waals surface area contributed by atoms with Crippen molar-refractivity contribution < 1.29 is 24.1 Å². The SMILES string of the molecule is CCCCO[C@H]1C[C@H]2C(=O)N3[C@H](C(C)(C)C)OC[C@@]3(CO)[C@@]2(C)O1. The van der Waals surface area contributed by atoms with Gasteiger partial charge in [-0.3, -0.25) is 4.79 Å². The van der Waals surface area contributed by atoms with Crippen LogP contribution in [0.4, 0.5) is 0 Å². The molecule has 3 aliphatic heterocycles. The van der Waals surface area contributed by atoms with E-state index in [9.17, 15) is 9.90 Å². The van der Waals surface area contributed by atoms with Crippen LogP contribution >= 0.6 is 0 Å². The van der Waals surface area contributed by atoms with Crippen molar-refractivity contribution in [3.05, 3.63) is 0 Å². The van der Waals surface area contributed by atoms with Gasteiger partial charge in [0.15, 0.2) is 6.29 Å². The minimum Gasteiger partial charge on any atom is -0.394 e. The Morgan fingerprint density at radius 2 is 2.12 bits per heavy atom. The molecule has 3 rings (SSSR count). The quantitative estimate of drug-likeness (QED) is 0.774. The lowest BCUT2D eigenvalue weighted by atomic mass is 9.77. The fraction of sp³-hybridized carbons (Fsp3) is 0.944. The number of fused-ring (bicyclic) bond motifs is 3. The Labute approximate surface area is 144 Å². The number of hydrogen-bond donors (Lipinski definition) is 1. The Morgan fingerprint density at radius 1 is 1.42 bits per heavy atom. The highest BCUT2D eigenvalue weighted by atomic mass is 16.7. The molecule has 1 amide bonds. The van der Waals surface area contributed by atoms with Gasteiger partial charge in [-0.2, -0.15) is 0 Å². The van der Waals surface area contributed by atoms with Crippen molar-refractivity contribution in [2.75, 3.05) is 19.8 Å². The van der Waals surface area contributed by atoms with Crippen LogP contribution in [-0.2, 0) is 19.0 Å². The van der Waals surface area contributed by atoms with E-state index in [2.05, 4.69) is 6.92 Å². The van der Waals surface area contributed by atoms with Crippen LogP contribution < -0.4 is 0 Å². The number of unbranched alkanes of at least 4 members (excludes halogenated alkanes) is 1. The van der Waals surface area contributed by atoms with Crippen LogP contribution in [0.5, 0.6) is 0 Å². The highest BCUT2D eigenvalue weighted by molar-refractivity contribution is 5.86. The van der Waals surface area contributed by atoms with Crippen molar-refractivity contribution >= 4 is 5.91 Å². The first kappa shape index (κ1) is 18.1.